The monoisotopic (exact) mass is 284 g/mol. The van der Waals surface area contributed by atoms with Gasteiger partial charge in [-0.3, -0.25) is 14.4 Å². The fourth-order valence-corrected chi connectivity index (χ4v) is 1.52. The second-order valence-electron chi connectivity index (χ2n) is 3.91. The lowest BCUT2D eigenvalue weighted by atomic mass is 10.1. The number of benzene rings is 1. The zero-order chi connectivity index (χ0) is 14.4. The molecular weight excluding hydrogens is 272 g/mol. The van der Waals surface area contributed by atoms with Crippen LogP contribution in [0.2, 0.25) is 0 Å². The first-order valence-electron chi connectivity index (χ1n) is 5.44. The topological polar surface area (TPSA) is 95.5 Å². The molecular formula is C12H13ClN2O4. The van der Waals surface area contributed by atoms with Gasteiger partial charge in [0.05, 0.1) is 0 Å². The zero-order valence-corrected chi connectivity index (χ0v) is 10.9. The summed E-state index contributed by atoms with van der Waals surface area (Å²) in [6, 6.07) is 5.59. The standard InChI is InChI=1S/C12H13ClN2O4/c1-7(16)11(17)14-9-4-2-8(3-5-9)6-10(15-13)12(18)19/h2-5,10,15H,6H2,1H3,(H,14,17)(H,18,19)/t10-/m0/s1. The lowest BCUT2D eigenvalue weighted by molar-refractivity contribution is -0.138. The normalized spacial score (nSPS) is 11.7. The van der Waals surface area contributed by atoms with Gasteiger partial charge < -0.3 is 10.4 Å². The van der Waals surface area contributed by atoms with E-state index in [1.165, 1.54) is 6.92 Å². The van der Waals surface area contributed by atoms with Crippen molar-refractivity contribution in [2.75, 3.05) is 5.32 Å². The predicted molar refractivity (Wildman–Crippen MR) is 69.9 cm³/mol. The highest BCUT2D eigenvalue weighted by molar-refractivity contribution is 6.39. The number of ketones is 1. The van der Waals surface area contributed by atoms with Crippen molar-refractivity contribution in [3.63, 3.8) is 0 Å². The Kier molecular flexibility index (Phi) is 5.47. The van der Waals surface area contributed by atoms with Gasteiger partial charge >= 0.3 is 5.97 Å². The minimum absolute atomic E-state index is 0.208. The van der Waals surface area contributed by atoms with E-state index in [9.17, 15) is 14.4 Å². The number of rotatable bonds is 6. The summed E-state index contributed by atoms with van der Waals surface area (Å²) in [6.07, 6.45) is 0.208. The number of amides is 1. The summed E-state index contributed by atoms with van der Waals surface area (Å²) < 4.78 is 0. The third-order valence-electron chi connectivity index (χ3n) is 2.40. The van der Waals surface area contributed by atoms with E-state index in [0.29, 0.717) is 5.69 Å². The molecule has 19 heavy (non-hydrogen) atoms. The van der Waals surface area contributed by atoms with Crippen LogP contribution in [-0.4, -0.2) is 28.8 Å². The highest BCUT2D eigenvalue weighted by atomic mass is 35.5. The number of aliphatic carboxylic acids is 1. The molecule has 0 saturated heterocycles. The van der Waals surface area contributed by atoms with Gasteiger partial charge in [-0.15, -0.1) is 0 Å². The van der Waals surface area contributed by atoms with Gasteiger partial charge in [0, 0.05) is 12.6 Å². The van der Waals surface area contributed by atoms with Gasteiger partial charge in [-0.05, 0) is 35.9 Å². The second-order valence-corrected chi connectivity index (χ2v) is 4.13. The van der Waals surface area contributed by atoms with Crippen molar-refractivity contribution in [1.82, 2.24) is 4.84 Å². The van der Waals surface area contributed by atoms with Gasteiger partial charge in [0.2, 0.25) is 5.78 Å². The summed E-state index contributed by atoms with van der Waals surface area (Å²) in [5.41, 5.74) is 1.20. The van der Waals surface area contributed by atoms with Gasteiger partial charge in [0.15, 0.2) is 0 Å². The van der Waals surface area contributed by atoms with E-state index in [-0.39, 0.29) is 6.42 Å². The highest BCUT2D eigenvalue weighted by Gasteiger charge is 2.16. The first-order valence-corrected chi connectivity index (χ1v) is 5.81. The number of halogens is 1. The second kappa shape index (κ2) is 6.86. The summed E-state index contributed by atoms with van der Waals surface area (Å²) in [7, 11) is 0. The fourth-order valence-electron chi connectivity index (χ4n) is 1.35. The Morgan fingerprint density at radius 2 is 1.84 bits per heavy atom. The molecule has 0 aliphatic heterocycles. The summed E-state index contributed by atoms with van der Waals surface area (Å²) in [4.78, 5) is 34.9. The zero-order valence-electron chi connectivity index (χ0n) is 10.1. The van der Waals surface area contributed by atoms with E-state index in [2.05, 4.69) is 10.2 Å². The molecule has 1 aromatic rings. The minimum atomic E-state index is -1.05. The number of carboxylic acid groups (broad SMARTS) is 1. The predicted octanol–water partition coefficient (Wildman–Crippen LogP) is 0.953. The number of Topliss-reactive ketones (excluding diaryl/α,β-unsaturated/α-hetero) is 1. The summed E-state index contributed by atoms with van der Waals surface area (Å²) >= 11 is 5.32. The van der Waals surface area contributed by atoms with Crippen LogP contribution in [0.1, 0.15) is 12.5 Å². The molecule has 6 nitrogen and oxygen atoms in total. The van der Waals surface area contributed by atoms with Gasteiger partial charge in [-0.2, -0.15) is 0 Å². The molecule has 1 aromatic carbocycles. The van der Waals surface area contributed by atoms with Crippen molar-refractivity contribution in [2.24, 2.45) is 0 Å². The Labute approximate surface area is 114 Å². The van der Waals surface area contributed by atoms with E-state index in [4.69, 9.17) is 16.9 Å². The van der Waals surface area contributed by atoms with Gasteiger partial charge in [-0.1, -0.05) is 12.1 Å². The maximum Gasteiger partial charge on any atom is 0.322 e. The van der Waals surface area contributed by atoms with Crippen LogP contribution < -0.4 is 10.2 Å². The molecule has 1 rings (SSSR count). The fraction of sp³-hybridized carbons (Fsp3) is 0.250. The van der Waals surface area contributed by atoms with Gasteiger partial charge in [0.1, 0.15) is 6.04 Å². The molecule has 1 atom stereocenters. The first kappa shape index (κ1) is 15.1. The molecule has 0 aliphatic rings. The Balaban J connectivity index is 2.68. The smallest absolute Gasteiger partial charge is 0.322 e. The molecule has 0 unspecified atom stereocenters. The molecule has 7 heteroatoms. The number of carbonyl (C=O) groups excluding carboxylic acids is 2. The lowest BCUT2D eigenvalue weighted by Gasteiger charge is -2.10. The number of hydrogen-bond acceptors (Lipinski definition) is 4. The molecule has 0 heterocycles. The summed E-state index contributed by atoms with van der Waals surface area (Å²) in [6.45, 7) is 1.17. The van der Waals surface area contributed by atoms with Crippen LogP contribution >= 0.6 is 11.8 Å². The van der Waals surface area contributed by atoms with E-state index in [1.54, 1.807) is 24.3 Å². The first-order chi connectivity index (χ1) is 8.93. The maximum atomic E-state index is 11.1. The minimum Gasteiger partial charge on any atom is -0.480 e. The van der Waals surface area contributed by atoms with E-state index < -0.39 is 23.7 Å². The van der Waals surface area contributed by atoms with Crippen molar-refractivity contribution in [2.45, 2.75) is 19.4 Å². The van der Waals surface area contributed by atoms with Crippen LogP contribution in [0.4, 0.5) is 5.69 Å². The molecule has 0 bridgehead atoms. The average Bonchev–Trinajstić information content (AvgIpc) is 2.37. The number of nitrogens with one attached hydrogen (secondary N) is 2. The SMILES string of the molecule is CC(=O)C(=O)Nc1ccc(C[C@H](NCl)C(=O)O)cc1. The van der Waals surface area contributed by atoms with Crippen LogP contribution in [0, 0.1) is 0 Å². The number of anilines is 1. The Bertz CT molecular complexity index is 487. The quantitative estimate of drug-likeness (QED) is 0.534. The molecule has 0 aliphatic carbocycles. The van der Waals surface area contributed by atoms with Crippen LogP contribution in [-0.2, 0) is 20.8 Å². The Morgan fingerprint density at radius 1 is 1.26 bits per heavy atom. The molecule has 0 fully saturated rings. The highest BCUT2D eigenvalue weighted by Crippen LogP contribution is 2.11. The van der Waals surface area contributed by atoms with Crippen molar-refractivity contribution < 1.29 is 19.5 Å². The maximum absolute atomic E-state index is 11.1. The van der Waals surface area contributed by atoms with Crippen molar-refractivity contribution >= 4 is 35.1 Å². The van der Waals surface area contributed by atoms with E-state index in [1.807, 2.05) is 0 Å². The Morgan fingerprint density at radius 3 is 2.26 bits per heavy atom. The Hall–Kier alpha value is -1.92. The summed E-state index contributed by atoms with van der Waals surface area (Å²) in [5, 5.41) is 11.2. The molecule has 0 aromatic heterocycles. The van der Waals surface area contributed by atoms with E-state index >= 15 is 0 Å². The third kappa shape index (κ3) is 4.69. The average molecular weight is 285 g/mol. The molecule has 102 valence electrons. The number of carboxylic acids is 1. The van der Waals surface area contributed by atoms with Crippen LogP contribution in [0.25, 0.3) is 0 Å². The molecule has 0 spiro atoms. The van der Waals surface area contributed by atoms with Crippen molar-refractivity contribution in [3.05, 3.63) is 29.8 Å². The van der Waals surface area contributed by atoms with Crippen molar-refractivity contribution in [1.29, 1.82) is 0 Å². The van der Waals surface area contributed by atoms with Crippen molar-refractivity contribution in [3.8, 4) is 0 Å². The molecule has 0 radical (unpaired) electrons. The van der Waals surface area contributed by atoms with Gasteiger partial charge in [0.25, 0.3) is 5.91 Å². The summed E-state index contributed by atoms with van der Waals surface area (Å²) in [5.74, 6) is -2.33. The number of carbonyl (C=O) groups is 3. The third-order valence-corrected chi connectivity index (χ3v) is 2.66. The molecule has 3 N–H and O–H groups in total. The van der Waals surface area contributed by atoms with E-state index in [0.717, 1.165) is 5.56 Å². The van der Waals surface area contributed by atoms with Crippen LogP contribution in [0.15, 0.2) is 24.3 Å². The number of hydrogen-bond donors (Lipinski definition) is 3. The van der Waals surface area contributed by atoms with Crippen LogP contribution in [0.5, 0.6) is 0 Å². The van der Waals surface area contributed by atoms with Crippen LogP contribution in [0.3, 0.4) is 0 Å². The lowest BCUT2D eigenvalue weighted by Crippen LogP contribution is -2.32. The molecule has 0 saturated carbocycles. The van der Waals surface area contributed by atoms with Gasteiger partial charge in [-0.25, -0.2) is 4.84 Å². The largest absolute Gasteiger partial charge is 0.480 e. The molecule has 1 amide bonds.